The standard InChI is InChI=1S/C24H25N5O2/c1-17-9-10-22(31-28-14-11-18-5-2-3-6-20(18)16-28)23(27-17)24(30)19-7-4-8-21(15-19)29-25-12-13-26-29/h2-8,11-15,17,22-23,27H,9-10,16H2,1H3/t17?,22?,23-/m1/s1. The summed E-state index contributed by atoms with van der Waals surface area (Å²) in [6.07, 6.45) is 8.77. The third-order valence-electron chi connectivity index (χ3n) is 5.86. The first-order chi connectivity index (χ1) is 15.2. The van der Waals surface area contributed by atoms with Crippen LogP contribution in [0, 0.1) is 0 Å². The third-order valence-corrected chi connectivity index (χ3v) is 5.86. The monoisotopic (exact) mass is 415 g/mol. The SMILES string of the molecule is CC1CCC(ON2C=Cc3ccccc3C2)[C@H](C(=O)c2cccc(-n3nccn3)c2)N1. The zero-order valence-electron chi connectivity index (χ0n) is 17.4. The predicted octanol–water partition coefficient (Wildman–Crippen LogP) is 3.38. The molecule has 3 aromatic rings. The maximum Gasteiger partial charge on any atom is 0.182 e. The summed E-state index contributed by atoms with van der Waals surface area (Å²) in [7, 11) is 0. The number of benzene rings is 2. The van der Waals surface area contributed by atoms with Gasteiger partial charge in [-0.3, -0.25) is 14.7 Å². The molecule has 0 amide bonds. The van der Waals surface area contributed by atoms with E-state index in [4.69, 9.17) is 4.84 Å². The number of piperidine rings is 1. The molecule has 1 N–H and O–H groups in total. The highest BCUT2D eigenvalue weighted by molar-refractivity contribution is 6.01. The van der Waals surface area contributed by atoms with E-state index >= 15 is 0 Å². The summed E-state index contributed by atoms with van der Waals surface area (Å²) in [5.74, 6) is 0.0203. The number of carbonyl (C=O) groups excluding carboxylic acids is 1. The highest BCUT2D eigenvalue weighted by Crippen LogP contribution is 2.25. The normalized spacial score (nSPS) is 22.9. The average molecular weight is 415 g/mol. The first-order valence-electron chi connectivity index (χ1n) is 10.6. The zero-order valence-corrected chi connectivity index (χ0v) is 17.4. The molecule has 158 valence electrons. The van der Waals surface area contributed by atoms with Gasteiger partial charge >= 0.3 is 0 Å². The van der Waals surface area contributed by atoms with E-state index in [0.717, 1.165) is 18.5 Å². The summed E-state index contributed by atoms with van der Waals surface area (Å²) >= 11 is 0. The summed E-state index contributed by atoms with van der Waals surface area (Å²) in [5, 5.41) is 13.6. The maximum atomic E-state index is 13.5. The van der Waals surface area contributed by atoms with Gasteiger partial charge in [0.15, 0.2) is 5.78 Å². The first-order valence-corrected chi connectivity index (χ1v) is 10.6. The Bertz CT molecular complexity index is 1090. The number of fused-ring (bicyclic) bond motifs is 1. The number of carbonyl (C=O) groups is 1. The molecule has 5 rings (SSSR count). The fraction of sp³-hybridized carbons (Fsp3) is 0.292. The number of ketones is 1. The van der Waals surface area contributed by atoms with Crippen LogP contribution in [0.4, 0.5) is 0 Å². The molecule has 31 heavy (non-hydrogen) atoms. The number of nitrogens with one attached hydrogen (secondary N) is 1. The number of hydrogen-bond acceptors (Lipinski definition) is 6. The number of hydrogen-bond donors (Lipinski definition) is 1. The van der Waals surface area contributed by atoms with E-state index < -0.39 is 6.04 Å². The first kappa shape index (κ1) is 19.7. The molecule has 1 aromatic heterocycles. The number of aromatic nitrogens is 3. The van der Waals surface area contributed by atoms with Gasteiger partial charge in [0.1, 0.15) is 12.1 Å². The summed E-state index contributed by atoms with van der Waals surface area (Å²) in [6.45, 7) is 2.78. The Morgan fingerprint density at radius 2 is 1.94 bits per heavy atom. The van der Waals surface area contributed by atoms with Gasteiger partial charge in [-0.05, 0) is 49.1 Å². The molecule has 2 aliphatic heterocycles. The molecule has 2 aromatic carbocycles. The molecule has 3 heterocycles. The highest BCUT2D eigenvalue weighted by Gasteiger charge is 2.36. The lowest BCUT2D eigenvalue weighted by atomic mass is 9.90. The number of rotatable bonds is 5. The van der Waals surface area contributed by atoms with Crippen molar-refractivity contribution in [1.29, 1.82) is 0 Å². The van der Waals surface area contributed by atoms with E-state index in [0.29, 0.717) is 12.1 Å². The smallest absolute Gasteiger partial charge is 0.182 e. The van der Waals surface area contributed by atoms with Gasteiger partial charge in [0.25, 0.3) is 0 Å². The van der Waals surface area contributed by atoms with Crippen LogP contribution < -0.4 is 5.32 Å². The third kappa shape index (κ3) is 4.15. The van der Waals surface area contributed by atoms with Crippen molar-refractivity contribution in [3.63, 3.8) is 0 Å². The second-order valence-corrected chi connectivity index (χ2v) is 8.09. The molecule has 1 saturated heterocycles. The summed E-state index contributed by atoms with van der Waals surface area (Å²) in [6, 6.07) is 15.5. The van der Waals surface area contributed by atoms with E-state index in [1.807, 2.05) is 47.7 Å². The number of hydroxylamine groups is 2. The molecule has 1 fully saturated rings. The van der Waals surface area contributed by atoms with Crippen molar-refractivity contribution in [2.24, 2.45) is 0 Å². The van der Waals surface area contributed by atoms with Crippen molar-refractivity contribution in [3.8, 4) is 5.69 Å². The second-order valence-electron chi connectivity index (χ2n) is 8.09. The van der Waals surface area contributed by atoms with Crippen molar-refractivity contribution in [3.05, 3.63) is 83.8 Å². The second kappa shape index (κ2) is 8.45. The lowest BCUT2D eigenvalue weighted by Gasteiger charge is -2.38. The number of Topliss-reactive ketones (excluding diaryl/α,β-unsaturated/α-hetero) is 1. The van der Waals surface area contributed by atoms with Crippen LogP contribution in [0.5, 0.6) is 0 Å². The van der Waals surface area contributed by atoms with E-state index in [-0.39, 0.29) is 17.9 Å². The van der Waals surface area contributed by atoms with Gasteiger partial charge in [-0.1, -0.05) is 36.4 Å². The Morgan fingerprint density at radius 3 is 2.81 bits per heavy atom. The molecule has 7 heteroatoms. The van der Waals surface area contributed by atoms with Gasteiger partial charge in [-0.15, -0.1) is 0 Å². The minimum absolute atomic E-state index is 0.0203. The van der Waals surface area contributed by atoms with Crippen LogP contribution in [0.15, 0.2) is 67.1 Å². The lowest BCUT2D eigenvalue weighted by Crippen LogP contribution is -2.55. The molecular weight excluding hydrogens is 390 g/mol. The highest BCUT2D eigenvalue weighted by atomic mass is 16.7. The van der Waals surface area contributed by atoms with E-state index in [2.05, 4.69) is 40.6 Å². The minimum Gasteiger partial charge on any atom is -0.302 e. The largest absolute Gasteiger partial charge is 0.302 e. The maximum absolute atomic E-state index is 13.5. The lowest BCUT2D eigenvalue weighted by molar-refractivity contribution is -0.183. The molecule has 3 atom stereocenters. The van der Waals surface area contributed by atoms with Crippen LogP contribution in [0.1, 0.15) is 41.3 Å². The Hall–Kier alpha value is -3.29. The van der Waals surface area contributed by atoms with Crippen molar-refractivity contribution in [1.82, 2.24) is 25.4 Å². The van der Waals surface area contributed by atoms with Gasteiger partial charge in [-0.25, -0.2) is 0 Å². The van der Waals surface area contributed by atoms with Crippen molar-refractivity contribution >= 4 is 11.9 Å². The fourth-order valence-electron chi connectivity index (χ4n) is 4.22. The van der Waals surface area contributed by atoms with Crippen LogP contribution in [0.25, 0.3) is 11.8 Å². The van der Waals surface area contributed by atoms with Crippen LogP contribution in [0.3, 0.4) is 0 Å². The molecule has 2 unspecified atom stereocenters. The predicted molar refractivity (Wildman–Crippen MR) is 117 cm³/mol. The van der Waals surface area contributed by atoms with Gasteiger partial charge in [-0.2, -0.15) is 15.0 Å². The Kier molecular flexibility index (Phi) is 5.36. The van der Waals surface area contributed by atoms with Crippen molar-refractivity contribution in [2.75, 3.05) is 0 Å². The van der Waals surface area contributed by atoms with Crippen molar-refractivity contribution in [2.45, 2.75) is 44.5 Å². The van der Waals surface area contributed by atoms with Gasteiger partial charge in [0, 0.05) is 17.8 Å². The molecular formula is C24H25N5O2. The van der Waals surface area contributed by atoms with Crippen LogP contribution in [-0.4, -0.2) is 44.0 Å². The van der Waals surface area contributed by atoms with E-state index in [9.17, 15) is 4.79 Å². The Balaban J connectivity index is 1.35. The van der Waals surface area contributed by atoms with Crippen LogP contribution in [0.2, 0.25) is 0 Å². The average Bonchev–Trinajstić information content (AvgIpc) is 3.35. The van der Waals surface area contributed by atoms with Gasteiger partial charge in [0.2, 0.25) is 0 Å². The topological polar surface area (TPSA) is 72.3 Å². The van der Waals surface area contributed by atoms with Crippen LogP contribution in [-0.2, 0) is 11.4 Å². The zero-order chi connectivity index (χ0) is 21.2. The minimum atomic E-state index is -0.421. The van der Waals surface area contributed by atoms with Crippen LogP contribution >= 0.6 is 0 Å². The molecule has 0 bridgehead atoms. The summed E-state index contributed by atoms with van der Waals surface area (Å²) < 4.78 is 0. The number of nitrogens with zero attached hydrogens (tertiary/aromatic N) is 4. The van der Waals surface area contributed by atoms with Crippen molar-refractivity contribution < 1.29 is 9.63 Å². The summed E-state index contributed by atoms with van der Waals surface area (Å²) in [4.78, 5) is 21.3. The quantitative estimate of drug-likeness (QED) is 0.644. The molecule has 0 radical (unpaired) electrons. The molecule has 0 spiro atoms. The Morgan fingerprint density at radius 1 is 1.10 bits per heavy atom. The summed E-state index contributed by atoms with van der Waals surface area (Å²) in [5.41, 5.74) is 3.79. The molecule has 2 aliphatic rings. The molecule has 0 saturated carbocycles. The van der Waals surface area contributed by atoms with Gasteiger partial charge < -0.3 is 5.32 Å². The van der Waals surface area contributed by atoms with E-state index in [1.165, 1.54) is 15.9 Å². The molecule has 0 aliphatic carbocycles. The Labute approximate surface area is 181 Å². The molecule has 7 nitrogen and oxygen atoms in total. The fourth-order valence-corrected chi connectivity index (χ4v) is 4.22. The van der Waals surface area contributed by atoms with E-state index in [1.54, 1.807) is 12.4 Å². The van der Waals surface area contributed by atoms with Gasteiger partial charge in [0.05, 0.1) is 24.6 Å².